The van der Waals surface area contributed by atoms with Gasteiger partial charge in [0, 0.05) is 35.4 Å². The topological polar surface area (TPSA) is 86.8 Å². The Morgan fingerprint density at radius 3 is 2.55 bits per heavy atom. The van der Waals surface area contributed by atoms with Crippen LogP contribution in [0.25, 0.3) is 0 Å². The minimum absolute atomic E-state index is 0.00380. The van der Waals surface area contributed by atoms with Crippen LogP contribution in [-0.2, 0) is 26.0 Å². The van der Waals surface area contributed by atoms with E-state index in [1.807, 2.05) is 18.7 Å². The van der Waals surface area contributed by atoms with Gasteiger partial charge in [-0.15, -0.1) is 0 Å². The molecule has 176 valence electrons. The number of nitrogens with zero attached hydrogens (tertiary/aromatic N) is 2. The summed E-state index contributed by atoms with van der Waals surface area (Å²) in [4.78, 5) is 27.2. The van der Waals surface area contributed by atoms with Gasteiger partial charge in [-0.05, 0) is 74.6 Å². The maximum absolute atomic E-state index is 13.1. The molecule has 33 heavy (non-hydrogen) atoms. The zero-order valence-electron chi connectivity index (χ0n) is 19.0. The predicted molar refractivity (Wildman–Crippen MR) is 129 cm³/mol. The van der Waals surface area contributed by atoms with Gasteiger partial charge in [-0.25, -0.2) is 8.42 Å². The molecule has 1 aliphatic heterocycles. The number of rotatable bonds is 6. The molecule has 9 heteroatoms. The Labute approximate surface area is 199 Å². The lowest BCUT2D eigenvalue weighted by Gasteiger charge is -2.32. The third-order valence-corrected chi connectivity index (χ3v) is 8.70. The summed E-state index contributed by atoms with van der Waals surface area (Å²) in [6.45, 7) is 3.50. The molecule has 1 atom stereocenters. The van der Waals surface area contributed by atoms with Crippen molar-refractivity contribution in [3.05, 3.63) is 52.5 Å². The van der Waals surface area contributed by atoms with Gasteiger partial charge >= 0.3 is 0 Å². The lowest BCUT2D eigenvalue weighted by atomic mass is 9.84. The molecule has 0 bridgehead atoms. The van der Waals surface area contributed by atoms with Gasteiger partial charge < -0.3 is 10.2 Å². The Balaban J connectivity index is 1.48. The van der Waals surface area contributed by atoms with Gasteiger partial charge in [-0.2, -0.15) is 4.31 Å². The van der Waals surface area contributed by atoms with Crippen LogP contribution in [0.3, 0.4) is 0 Å². The fourth-order valence-corrected chi connectivity index (χ4v) is 5.65. The Morgan fingerprint density at radius 1 is 1.18 bits per heavy atom. The van der Waals surface area contributed by atoms with Crippen molar-refractivity contribution in [1.82, 2.24) is 4.31 Å². The number of anilines is 2. The predicted octanol–water partition coefficient (Wildman–Crippen LogP) is 3.99. The number of likely N-dealkylation sites (N-methyl/N-ethyl adjacent to an activating group) is 1. The molecule has 0 saturated heterocycles. The maximum Gasteiger partial charge on any atom is 0.243 e. The van der Waals surface area contributed by atoms with E-state index in [4.69, 9.17) is 11.6 Å². The van der Waals surface area contributed by atoms with Gasteiger partial charge in [-0.1, -0.05) is 24.1 Å². The molecule has 2 amide bonds. The summed E-state index contributed by atoms with van der Waals surface area (Å²) in [5.41, 5.74) is 3.01. The molecule has 7 nitrogen and oxygen atoms in total. The fraction of sp³-hybridized carbons (Fsp3) is 0.417. The van der Waals surface area contributed by atoms with Crippen LogP contribution < -0.4 is 10.2 Å². The summed E-state index contributed by atoms with van der Waals surface area (Å²) < 4.78 is 27.3. The van der Waals surface area contributed by atoms with Crippen molar-refractivity contribution in [3.8, 4) is 0 Å². The minimum Gasteiger partial charge on any atom is -0.325 e. The minimum atomic E-state index is -3.88. The van der Waals surface area contributed by atoms with Crippen LogP contribution in [0.15, 0.2) is 41.3 Å². The molecule has 0 radical (unpaired) electrons. The van der Waals surface area contributed by atoms with Crippen LogP contribution in [0.5, 0.6) is 0 Å². The SMILES string of the molecule is Cc1ccc(NC(=O)CN(C)S(=O)(=O)c2ccc3c(c2)C[C@@H](C)N3C(=O)C2CCC2)cc1Cl. The molecule has 1 aliphatic carbocycles. The number of fused-ring (bicyclic) bond motifs is 1. The van der Waals surface area contributed by atoms with Crippen LogP contribution in [0, 0.1) is 12.8 Å². The molecular weight excluding hydrogens is 462 g/mol. The van der Waals surface area contributed by atoms with Crippen LogP contribution in [0.2, 0.25) is 5.02 Å². The molecule has 0 spiro atoms. The molecule has 2 aliphatic rings. The number of aryl methyl sites for hydroxylation is 1. The van der Waals surface area contributed by atoms with E-state index in [2.05, 4.69) is 5.32 Å². The molecule has 1 N–H and O–H groups in total. The van der Waals surface area contributed by atoms with Crippen molar-refractivity contribution in [2.75, 3.05) is 23.8 Å². The molecule has 1 saturated carbocycles. The molecule has 1 fully saturated rings. The Bertz CT molecular complexity index is 1210. The molecule has 1 heterocycles. The van der Waals surface area contributed by atoms with Gasteiger partial charge in [0.05, 0.1) is 11.4 Å². The number of halogens is 1. The van der Waals surface area contributed by atoms with E-state index in [1.165, 1.54) is 13.1 Å². The van der Waals surface area contributed by atoms with Gasteiger partial charge in [0.15, 0.2) is 0 Å². The third-order valence-electron chi connectivity index (χ3n) is 6.49. The van der Waals surface area contributed by atoms with E-state index in [0.29, 0.717) is 17.1 Å². The van der Waals surface area contributed by atoms with Crippen molar-refractivity contribution in [2.45, 2.75) is 50.5 Å². The number of amides is 2. The maximum atomic E-state index is 13.1. The fourth-order valence-electron chi connectivity index (χ4n) is 4.29. The summed E-state index contributed by atoms with van der Waals surface area (Å²) in [6.07, 6.45) is 3.53. The molecule has 2 aromatic carbocycles. The molecule has 4 rings (SSSR count). The second kappa shape index (κ2) is 9.08. The zero-order chi connectivity index (χ0) is 23.9. The van der Waals surface area contributed by atoms with Crippen LogP contribution in [0.1, 0.15) is 37.3 Å². The number of hydrogen-bond acceptors (Lipinski definition) is 4. The second-order valence-electron chi connectivity index (χ2n) is 8.95. The van der Waals surface area contributed by atoms with Crippen molar-refractivity contribution in [1.29, 1.82) is 0 Å². The van der Waals surface area contributed by atoms with Crippen molar-refractivity contribution < 1.29 is 18.0 Å². The summed E-state index contributed by atoms with van der Waals surface area (Å²) in [7, 11) is -2.51. The van der Waals surface area contributed by atoms with Crippen LogP contribution in [0.4, 0.5) is 11.4 Å². The average molecular weight is 490 g/mol. The van der Waals surface area contributed by atoms with E-state index >= 15 is 0 Å². The number of benzene rings is 2. The standard InChI is InChI=1S/C24H28ClN3O4S/c1-15-7-8-19(13-21(15)25)26-23(29)14-27(3)33(31,32)20-9-10-22-18(12-20)11-16(2)28(22)24(30)17-5-4-6-17/h7-10,12-13,16-17H,4-6,11,14H2,1-3H3,(H,26,29)/t16-/m1/s1. The van der Waals surface area contributed by atoms with E-state index in [1.54, 1.807) is 30.3 Å². The van der Waals surface area contributed by atoms with Gasteiger partial charge in [0.2, 0.25) is 21.8 Å². The number of nitrogens with one attached hydrogen (secondary N) is 1. The first-order valence-electron chi connectivity index (χ1n) is 11.1. The van der Waals surface area contributed by atoms with E-state index < -0.39 is 15.9 Å². The molecular formula is C24H28ClN3O4S. The van der Waals surface area contributed by atoms with Gasteiger partial charge in [0.25, 0.3) is 0 Å². The zero-order valence-corrected chi connectivity index (χ0v) is 20.5. The first-order valence-corrected chi connectivity index (χ1v) is 12.9. The first kappa shape index (κ1) is 23.7. The Kier molecular flexibility index (Phi) is 6.53. The first-order chi connectivity index (χ1) is 15.6. The summed E-state index contributed by atoms with van der Waals surface area (Å²) in [5, 5.41) is 3.20. The highest BCUT2D eigenvalue weighted by Gasteiger charge is 2.37. The molecule has 0 unspecified atom stereocenters. The highest BCUT2D eigenvalue weighted by molar-refractivity contribution is 7.89. The summed E-state index contributed by atoms with van der Waals surface area (Å²) >= 11 is 6.09. The van der Waals surface area contributed by atoms with Gasteiger partial charge in [0.1, 0.15) is 0 Å². The lowest BCUT2D eigenvalue weighted by molar-refractivity contribution is -0.125. The monoisotopic (exact) mass is 489 g/mol. The van der Waals surface area contributed by atoms with Gasteiger partial charge in [-0.3, -0.25) is 9.59 Å². The largest absolute Gasteiger partial charge is 0.325 e. The third kappa shape index (κ3) is 4.65. The smallest absolute Gasteiger partial charge is 0.243 e. The Hall–Kier alpha value is -2.42. The van der Waals surface area contributed by atoms with Crippen LogP contribution >= 0.6 is 11.6 Å². The molecule has 0 aromatic heterocycles. The lowest BCUT2D eigenvalue weighted by Crippen LogP contribution is -2.42. The summed E-state index contributed by atoms with van der Waals surface area (Å²) in [6, 6.07) is 9.97. The molecule has 2 aromatic rings. The number of hydrogen-bond donors (Lipinski definition) is 1. The number of carbonyl (C=O) groups excluding carboxylic acids is 2. The quantitative estimate of drug-likeness (QED) is 0.664. The van der Waals surface area contributed by atoms with Crippen molar-refractivity contribution in [3.63, 3.8) is 0 Å². The highest BCUT2D eigenvalue weighted by atomic mass is 35.5. The normalized spacial score (nSPS) is 18.2. The highest BCUT2D eigenvalue weighted by Crippen LogP contribution is 2.38. The summed E-state index contributed by atoms with van der Waals surface area (Å²) in [5.74, 6) is -0.254. The van der Waals surface area contributed by atoms with Crippen molar-refractivity contribution >= 4 is 44.8 Å². The van der Waals surface area contributed by atoms with Crippen LogP contribution in [-0.4, -0.2) is 44.2 Å². The van der Waals surface area contributed by atoms with E-state index in [-0.39, 0.29) is 29.3 Å². The Morgan fingerprint density at radius 2 is 1.91 bits per heavy atom. The van der Waals surface area contributed by atoms with E-state index in [9.17, 15) is 18.0 Å². The number of carbonyl (C=O) groups is 2. The average Bonchev–Trinajstić information content (AvgIpc) is 3.04. The second-order valence-corrected chi connectivity index (χ2v) is 11.4. The van der Waals surface area contributed by atoms with Crippen molar-refractivity contribution in [2.24, 2.45) is 5.92 Å². The van der Waals surface area contributed by atoms with E-state index in [0.717, 1.165) is 40.4 Å². The number of sulfonamides is 1.